The van der Waals surface area contributed by atoms with Gasteiger partial charge in [0, 0.05) is 6.42 Å². The van der Waals surface area contributed by atoms with Crippen LogP contribution in [0.25, 0.3) is 0 Å². The van der Waals surface area contributed by atoms with Crippen molar-refractivity contribution in [3.05, 3.63) is 21.9 Å². The van der Waals surface area contributed by atoms with Crippen LogP contribution in [0.3, 0.4) is 0 Å². The first kappa shape index (κ1) is 14.1. The van der Waals surface area contributed by atoms with E-state index in [1.54, 1.807) is 18.3 Å². The Morgan fingerprint density at radius 1 is 1.53 bits per heavy atom. The van der Waals surface area contributed by atoms with Crippen molar-refractivity contribution in [1.29, 1.82) is 0 Å². The minimum absolute atomic E-state index is 0.368. The van der Waals surface area contributed by atoms with Gasteiger partial charge in [0.05, 0.1) is 4.88 Å². The van der Waals surface area contributed by atoms with Gasteiger partial charge >= 0.3 is 5.97 Å². The molecule has 0 amide bonds. The second kappa shape index (κ2) is 4.63. The monoisotopic (exact) mass is 281 g/mol. The van der Waals surface area contributed by atoms with Crippen LogP contribution in [0.4, 0.5) is 0 Å². The number of hydrogen-bond donors (Lipinski definition) is 0. The second-order valence-electron chi connectivity index (χ2n) is 5.97. The summed E-state index contributed by atoms with van der Waals surface area (Å²) in [5, 5.41) is 6.08. The lowest BCUT2D eigenvalue weighted by atomic mass is 9.98. The van der Waals surface area contributed by atoms with Crippen LogP contribution in [-0.2, 0) is 14.4 Å². The molecule has 0 fully saturated rings. The molecule has 0 aromatic carbocycles. The van der Waals surface area contributed by atoms with Crippen LogP contribution in [0.15, 0.2) is 16.6 Å². The van der Waals surface area contributed by atoms with Crippen molar-refractivity contribution in [2.75, 3.05) is 0 Å². The largest absolute Gasteiger partial charge is 0.457 e. The molecule has 1 aromatic heterocycles. The number of thiophene rings is 1. The number of carbonyl (C=O) groups is 1. The maximum atomic E-state index is 12.2. The Kier molecular flexibility index (Phi) is 3.43. The van der Waals surface area contributed by atoms with Gasteiger partial charge in [-0.2, -0.15) is 0 Å². The molecule has 0 N–H and O–H groups in total. The van der Waals surface area contributed by atoms with Gasteiger partial charge in [-0.25, -0.2) is 4.79 Å². The van der Waals surface area contributed by atoms with E-state index in [9.17, 15) is 4.79 Å². The number of nitrogens with zero attached hydrogens (tertiary/aromatic N) is 1. The maximum absolute atomic E-state index is 12.2. The molecular weight excluding hydrogens is 262 g/mol. The average Bonchev–Trinajstić information content (AvgIpc) is 2.83. The quantitative estimate of drug-likeness (QED) is 0.782. The highest BCUT2D eigenvalue weighted by molar-refractivity contribution is 7.12. The number of rotatable bonds is 2. The predicted molar refractivity (Wildman–Crippen MR) is 75.5 cm³/mol. The van der Waals surface area contributed by atoms with Crippen LogP contribution in [0.2, 0.25) is 0 Å². The van der Waals surface area contributed by atoms with Crippen molar-refractivity contribution >= 4 is 23.0 Å². The summed E-state index contributed by atoms with van der Waals surface area (Å²) >= 11 is 1.61. The Bertz CT molecular complexity index is 527. The number of ether oxygens (including phenoxy) is 1. The van der Waals surface area contributed by atoms with Crippen LogP contribution >= 0.6 is 11.3 Å². The Morgan fingerprint density at radius 2 is 2.21 bits per heavy atom. The van der Waals surface area contributed by atoms with Crippen LogP contribution in [0.5, 0.6) is 0 Å². The Hall–Kier alpha value is -1.36. The third-order valence-electron chi connectivity index (χ3n) is 2.82. The fourth-order valence-corrected chi connectivity index (χ4v) is 2.73. The molecule has 1 aliphatic rings. The number of carbonyl (C=O) groups excluding carboxylic acids is 1. The first-order valence-corrected chi connectivity index (χ1v) is 7.12. The van der Waals surface area contributed by atoms with E-state index in [1.807, 2.05) is 39.1 Å². The van der Waals surface area contributed by atoms with Gasteiger partial charge in [-0.1, -0.05) is 5.16 Å². The molecular formula is C14H19NO3S. The van der Waals surface area contributed by atoms with Gasteiger partial charge in [-0.3, -0.25) is 0 Å². The highest BCUT2D eigenvalue weighted by Crippen LogP contribution is 2.31. The van der Waals surface area contributed by atoms with Gasteiger partial charge < -0.3 is 9.57 Å². The van der Waals surface area contributed by atoms with Crippen LogP contribution in [0.1, 0.15) is 44.6 Å². The number of hydrogen-bond acceptors (Lipinski definition) is 5. The standard InChI is InChI=1S/C14H19NO3S/c1-9-6-7-19-11(9)10-8-14(5,18-15-10)12(16)17-13(2,3)4/h6-7H,8H2,1-5H3/t14-/m0/s1. The Labute approximate surface area is 117 Å². The summed E-state index contributed by atoms with van der Waals surface area (Å²) in [6.07, 6.45) is 0.448. The lowest BCUT2D eigenvalue weighted by Gasteiger charge is -2.26. The summed E-state index contributed by atoms with van der Waals surface area (Å²) < 4.78 is 5.39. The van der Waals surface area contributed by atoms with Gasteiger partial charge in [0.15, 0.2) is 0 Å². The second-order valence-corrected chi connectivity index (χ2v) is 6.89. The smallest absolute Gasteiger partial charge is 0.354 e. The molecule has 0 saturated heterocycles. The summed E-state index contributed by atoms with van der Waals surface area (Å²) in [5.74, 6) is -0.368. The van der Waals surface area contributed by atoms with E-state index < -0.39 is 11.2 Å². The SMILES string of the molecule is Cc1ccsc1C1=NO[C@](C)(C(=O)OC(C)(C)C)C1. The summed E-state index contributed by atoms with van der Waals surface area (Å²) in [6, 6.07) is 2.03. The third kappa shape index (κ3) is 2.97. The van der Waals surface area contributed by atoms with E-state index >= 15 is 0 Å². The average molecular weight is 281 g/mol. The minimum atomic E-state index is -1.01. The fraction of sp³-hybridized carbons (Fsp3) is 0.571. The summed E-state index contributed by atoms with van der Waals surface area (Å²) in [7, 11) is 0. The van der Waals surface area contributed by atoms with Crippen LogP contribution in [0, 0.1) is 6.92 Å². The molecule has 5 heteroatoms. The van der Waals surface area contributed by atoms with E-state index in [0.29, 0.717) is 6.42 Å². The summed E-state index contributed by atoms with van der Waals surface area (Å²) in [4.78, 5) is 18.6. The molecule has 19 heavy (non-hydrogen) atoms. The van der Waals surface area contributed by atoms with Crippen molar-refractivity contribution in [3.63, 3.8) is 0 Å². The molecule has 4 nitrogen and oxygen atoms in total. The predicted octanol–water partition coefficient (Wildman–Crippen LogP) is 3.28. The summed E-state index contributed by atoms with van der Waals surface area (Å²) in [6.45, 7) is 9.27. The molecule has 1 atom stereocenters. The number of aryl methyl sites for hydroxylation is 1. The third-order valence-corrected chi connectivity index (χ3v) is 3.88. The normalized spacial score (nSPS) is 22.9. The Balaban J connectivity index is 2.11. The van der Waals surface area contributed by atoms with Crippen LogP contribution in [-0.4, -0.2) is 22.9 Å². The van der Waals surface area contributed by atoms with E-state index in [1.165, 1.54) is 0 Å². The number of oxime groups is 1. The molecule has 0 bridgehead atoms. The van der Waals surface area contributed by atoms with E-state index in [2.05, 4.69) is 5.16 Å². The highest BCUT2D eigenvalue weighted by Gasteiger charge is 2.45. The molecule has 1 aromatic rings. The van der Waals surface area contributed by atoms with Gasteiger partial charge in [0.1, 0.15) is 11.3 Å². The molecule has 1 aliphatic heterocycles. The first-order chi connectivity index (χ1) is 8.71. The molecule has 104 valence electrons. The van der Waals surface area contributed by atoms with Gasteiger partial charge in [0.2, 0.25) is 5.60 Å². The fourth-order valence-electron chi connectivity index (χ4n) is 1.83. The molecule has 0 radical (unpaired) electrons. The minimum Gasteiger partial charge on any atom is -0.457 e. The zero-order valence-electron chi connectivity index (χ0n) is 11.9. The van der Waals surface area contributed by atoms with Gasteiger partial charge in [-0.05, 0) is 51.6 Å². The topological polar surface area (TPSA) is 47.9 Å². The molecule has 2 heterocycles. The lowest BCUT2D eigenvalue weighted by Crippen LogP contribution is -2.41. The van der Waals surface area contributed by atoms with E-state index in [4.69, 9.17) is 9.57 Å². The molecule has 0 spiro atoms. The molecule has 0 saturated carbocycles. The molecule has 0 aliphatic carbocycles. The van der Waals surface area contributed by atoms with Crippen LogP contribution < -0.4 is 0 Å². The molecule has 2 rings (SSSR count). The van der Waals surface area contributed by atoms with Crippen molar-refractivity contribution in [3.8, 4) is 0 Å². The van der Waals surface area contributed by atoms with Gasteiger partial charge in [-0.15, -0.1) is 11.3 Å². The number of esters is 1. The zero-order valence-corrected chi connectivity index (χ0v) is 12.8. The van der Waals surface area contributed by atoms with E-state index in [0.717, 1.165) is 16.2 Å². The maximum Gasteiger partial charge on any atom is 0.354 e. The molecule has 0 unspecified atom stereocenters. The lowest BCUT2D eigenvalue weighted by molar-refractivity contribution is -0.178. The van der Waals surface area contributed by atoms with E-state index in [-0.39, 0.29) is 5.97 Å². The first-order valence-electron chi connectivity index (χ1n) is 6.24. The van der Waals surface area contributed by atoms with Crippen molar-refractivity contribution < 1.29 is 14.4 Å². The Morgan fingerprint density at radius 3 is 2.74 bits per heavy atom. The van der Waals surface area contributed by atoms with Crippen molar-refractivity contribution in [1.82, 2.24) is 0 Å². The highest BCUT2D eigenvalue weighted by atomic mass is 32.1. The van der Waals surface area contributed by atoms with Crippen molar-refractivity contribution in [2.45, 2.75) is 52.2 Å². The zero-order chi connectivity index (χ0) is 14.3. The van der Waals surface area contributed by atoms with Gasteiger partial charge in [0.25, 0.3) is 0 Å². The summed E-state index contributed by atoms with van der Waals surface area (Å²) in [5.41, 5.74) is 0.436. The van der Waals surface area contributed by atoms with Crippen molar-refractivity contribution in [2.24, 2.45) is 5.16 Å².